The fourth-order valence-corrected chi connectivity index (χ4v) is 2.11. The third-order valence-electron chi connectivity index (χ3n) is 3.25. The van der Waals surface area contributed by atoms with Gasteiger partial charge in [-0.05, 0) is 20.8 Å². The molecule has 0 aromatic carbocycles. The molecule has 104 valence electrons. The summed E-state index contributed by atoms with van der Waals surface area (Å²) in [5.41, 5.74) is 5.68. The summed E-state index contributed by atoms with van der Waals surface area (Å²) in [7, 11) is 0. The van der Waals surface area contributed by atoms with Crippen molar-refractivity contribution in [2.75, 3.05) is 26.2 Å². The zero-order valence-electron chi connectivity index (χ0n) is 11.3. The number of carboxylic acid groups (broad SMARTS) is 1. The van der Waals surface area contributed by atoms with E-state index in [0.717, 1.165) is 13.1 Å². The third-order valence-corrected chi connectivity index (χ3v) is 3.25. The summed E-state index contributed by atoms with van der Waals surface area (Å²) in [6, 6.07) is -0.927. The van der Waals surface area contributed by atoms with E-state index < -0.39 is 12.0 Å². The molecule has 6 nitrogen and oxygen atoms in total. The van der Waals surface area contributed by atoms with Crippen molar-refractivity contribution in [3.8, 4) is 0 Å². The van der Waals surface area contributed by atoms with E-state index in [-0.39, 0.29) is 17.9 Å². The number of aliphatic carboxylic acids is 1. The Morgan fingerprint density at radius 2 is 1.72 bits per heavy atom. The van der Waals surface area contributed by atoms with Gasteiger partial charge in [-0.15, -0.1) is 0 Å². The minimum atomic E-state index is -1.04. The highest BCUT2D eigenvalue weighted by Gasteiger charge is 2.30. The number of carbonyl (C=O) groups is 2. The van der Waals surface area contributed by atoms with E-state index in [2.05, 4.69) is 25.7 Å². The zero-order chi connectivity index (χ0) is 13.9. The molecule has 1 amide bonds. The number of hydrogen-bond donors (Lipinski definition) is 2. The number of carbonyl (C=O) groups excluding carboxylic acids is 1. The van der Waals surface area contributed by atoms with E-state index >= 15 is 0 Å². The average molecular weight is 257 g/mol. The molecule has 1 aliphatic heterocycles. The molecule has 0 aliphatic carbocycles. The maximum atomic E-state index is 11.9. The number of rotatable bonds is 3. The van der Waals surface area contributed by atoms with Crippen molar-refractivity contribution in [2.24, 2.45) is 5.73 Å². The second-order valence-corrected chi connectivity index (χ2v) is 5.69. The smallest absolute Gasteiger partial charge is 0.305 e. The van der Waals surface area contributed by atoms with Crippen LogP contribution in [-0.4, -0.2) is 64.5 Å². The summed E-state index contributed by atoms with van der Waals surface area (Å²) >= 11 is 0. The standard InChI is InChI=1S/C12H23N3O3/c1-12(2,3)15-6-4-14(5-7-15)11(18)9(13)8-10(16)17/h9H,4-8,13H2,1-3H3,(H,16,17). The molecule has 1 unspecified atom stereocenters. The van der Waals surface area contributed by atoms with Gasteiger partial charge < -0.3 is 15.7 Å². The predicted molar refractivity (Wildman–Crippen MR) is 68.1 cm³/mol. The van der Waals surface area contributed by atoms with Gasteiger partial charge in [0.2, 0.25) is 5.91 Å². The van der Waals surface area contributed by atoms with Gasteiger partial charge in [0.05, 0.1) is 12.5 Å². The maximum absolute atomic E-state index is 11.9. The summed E-state index contributed by atoms with van der Waals surface area (Å²) in [6.45, 7) is 9.25. The van der Waals surface area contributed by atoms with Crippen LogP contribution in [0.5, 0.6) is 0 Å². The Balaban J connectivity index is 2.48. The van der Waals surface area contributed by atoms with E-state index in [9.17, 15) is 9.59 Å². The first-order valence-corrected chi connectivity index (χ1v) is 6.23. The number of piperazine rings is 1. The molecule has 3 N–H and O–H groups in total. The van der Waals surface area contributed by atoms with Crippen LogP contribution in [0.15, 0.2) is 0 Å². The average Bonchev–Trinajstić information content (AvgIpc) is 2.26. The SMILES string of the molecule is CC(C)(C)N1CCN(C(=O)C(N)CC(=O)O)CC1. The highest BCUT2D eigenvalue weighted by molar-refractivity contribution is 5.86. The number of nitrogens with zero attached hydrogens (tertiary/aromatic N) is 2. The Hall–Kier alpha value is -1.14. The van der Waals surface area contributed by atoms with Crippen molar-refractivity contribution in [3.63, 3.8) is 0 Å². The molecule has 1 saturated heterocycles. The molecule has 1 heterocycles. The van der Waals surface area contributed by atoms with Crippen LogP contribution in [0.1, 0.15) is 27.2 Å². The van der Waals surface area contributed by atoms with E-state index in [1.807, 2.05) is 0 Å². The van der Waals surface area contributed by atoms with Crippen LogP contribution in [-0.2, 0) is 9.59 Å². The zero-order valence-corrected chi connectivity index (χ0v) is 11.3. The fraction of sp³-hybridized carbons (Fsp3) is 0.833. The molecule has 0 spiro atoms. The largest absolute Gasteiger partial charge is 0.481 e. The monoisotopic (exact) mass is 257 g/mol. The Morgan fingerprint density at radius 3 is 2.11 bits per heavy atom. The third kappa shape index (κ3) is 3.96. The van der Waals surface area contributed by atoms with Gasteiger partial charge in [0.25, 0.3) is 0 Å². The number of nitrogens with two attached hydrogens (primary N) is 1. The summed E-state index contributed by atoms with van der Waals surface area (Å²) < 4.78 is 0. The van der Waals surface area contributed by atoms with Gasteiger partial charge in [-0.25, -0.2) is 0 Å². The molecular formula is C12H23N3O3. The van der Waals surface area contributed by atoms with Crippen LogP contribution in [0.3, 0.4) is 0 Å². The first kappa shape index (κ1) is 14.9. The van der Waals surface area contributed by atoms with E-state index in [1.165, 1.54) is 0 Å². The summed E-state index contributed by atoms with van der Waals surface area (Å²) in [5, 5.41) is 8.62. The predicted octanol–water partition coefficient (Wildman–Crippen LogP) is -0.269. The van der Waals surface area contributed by atoms with E-state index in [1.54, 1.807) is 4.90 Å². The van der Waals surface area contributed by atoms with Crippen molar-refractivity contribution < 1.29 is 14.7 Å². The molecule has 0 aromatic heterocycles. The lowest BCUT2D eigenvalue weighted by atomic mass is 10.0. The van der Waals surface area contributed by atoms with Gasteiger partial charge in [-0.2, -0.15) is 0 Å². The Labute approximate surface area is 108 Å². The van der Waals surface area contributed by atoms with E-state index in [4.69, 9.17) is 10.8 Å². The molecule has 6 heteroatoms. The Kier molecular flexibility index (Phi) is 4.70. The molecule has 0 saturated carbocycles. The first-order chi connectivity index (χ1) is 8.21. The van der Waals surface area contributed by atoms with Crippen molar-refractivity contribution >= 4 is 11.9 Å². The van der Waals surface area contributed by atoms with Crippen LogP contribution in [0, 0.1) is 0 Å². The minimum absolute atomic E-state index is 0.0956. The van der Waals surface area contributed by atoms with Crippen LogP contribution < -0.4 is 5.73 Å². The Bertz CT molecular complexity index is 317. The van der Waals surface area contributed by atoms with Crippen LogP contribution >= 0.6 is 0 Å². The maximum Gasteiger partial charge on any atom is 0.305 e. The second kappa shape index (κ2) is 5.67. The lowest BCUT2D eigenvalue weighted by Gasteiger charge is -2.42. The summed E-state index contributed by atoms with van der Waals surface area (Å²) in [6.07, 6.45) is -0.307. The number of amides is 1. The van der Waals surface area contributed by atoms with Gasteiger partial charge in [0.1, 0.15) is 0 Å². The Morgan fingerprint density at radius 1 is 1.22 bits per heavy atom. The number of hydrogen-bond acceptors (Lipinski definition) is 4. The molecule has 1 atom stereocenters. The van der Waals surface area contributed by atoms with Crippen LogP contribution in [0.2, 0.25) is 0 Å². The highest BCUT2D eigenvalue weighted by Crippen LogP contribution is 2.16. The molecule has 1 rings (SSSR count). The fourth-order valence-electron chi connectivity index (χ4n) is 2.11. The molecule has 0 radical (unpaired) electrons. The van der Waals surface area contributed by atoms with Gasteiger partial charge in [0, 0.05) is 31.7 Å². The molecule has 0 bridgehead atoms. The van der Waals surface area contributed by atoms with Gasteiger partial charge in [-0.1, -0.05) is 0 Å². The molecule has 0 aromatic rings. The van der Waals surface area contributed by atoms with Crippen molar-refractivity contribution in [2.45, 2.75) is 38.8 Å². The second-order valence-electron chi connectivity index (χ2n) is 5.69. The van der Waals surface area contributed by atoms with Gasteiger partial charge in [-0.3, -0.25) is 14.5 Å². The molecule has 1 aliphatic rings. The summed E-state index contributed by atoms with van der Waals surface area (Å²) in [5.74, 6) is -1.30. The summed E-state index contributed by atoms with van der Waals surface area (Å²) in [4.78, 5) is 26.4. The topological polar surface area (TPSA) is 86.9 Å². The lowest BCUT2D eigenvalue weighted by molar-refractivity contribution is -0.143. The van der Waals surface area contributed by atoms with Crippen molar-refractivity contribution in [1.29, 1.82) is 0 Å². The quantitative estimate of drug-likeness (QED) is 0.727. The molecule has 1 fully saturated rings. The molecule has 18 heavy (non-hydrogen) atoms. The van der Waals surface area contributed by atoms with Gasteiger partial charge in [0.15, 0.2) is 0 Å². The first-order valence-electron chi connectivity index (χ1n) is 6.23. The highest BCUT2D eigenvalue weighted by atomic mass is 16.4. The number of carboxylic acids is 1. The van der Waals surface area contributed by atoms with E-state index in [0.29, 0.717) is 13.1 Å². The van der Waals surface area contributed by atoms with Crippen molar-refractivity contribution in [1.82, 2.24) is 9.80 Å². The van der Waals surface area contributed by atoms with Crippen LogP contribution in [0.4, 0.5) is 0 Å². The van der Waals surface area contributed by atoms with Crippen molar-refractivity contribution in [3.05, 3.63) is 0 Å². The van der Waals surface area contributed by atoms with Crippen LogP contribution in [0.25, 0.3) is 0 Å². The normalized spacial score (nSPS) is 19.7. The minimum Gasteiger partial charge on any atom is -0.481 e. The van der Waals surface area contributed by atoms with Gasteiger partial charge >= 0.3 is 5.97 Å². The lowest BCUT2D eigenvalue weighted by Crippen LogP contribution is -2.57. The molecular weight excluding hydrogens is 234 g/mol.